The minimum absolute atomic E-state index is 0.111. The van der Waals surface area contributed by atoms with Crippen molar-refractivity contribution in [1.29, 1.82) is 0 Å². The molecule has 0 aliphatic carbocycles. The zero-order chi connectivity index (χ0) is 13.0. The molecule has 0 fully saturated rings. The first-order valence-electron chi connectivity index (χ1n) is 5.69. The van der Waals surface area contributed by atoms with Gasteiger partial charge in [-0.05, 0) is 36.2 Å². The van der Waals surface area contributed by atoms with Gasteiger partial charge >= 0.3 is 0 Å². The summed E-state index contributed by atoms with van der Waals surface area (Å²) in [6.45, 7) is 0. The van der Waals surface area contributed by atoms with Crippen LogP contribution in [0.1, 0.15) is 22.3 Å². The topological polar surface area (TPSA) is 17.1 Å². The zero-order valence-corrected chi connectivity index (χ0v) is 9.70. The summed E-state index contributed by atoms with van der Waals surface area (Å²) in [7, 11) is 0. The van der Waals surface area contributed by atoms with Gasteiger partial charge in [-0.3, -0.25) is 4.79 Å². The second-order valence-electron chi connectivity index (χ2n) is 4.03. The number of Topliss-reactive ketones (excluding diaryl/α,β-unsaturated/α-hetero) is 1. The summed E-state index contributed by atoms with van der Waals surface area (Å²) in [6, 6.07) is 11.9. The molecule has 2 rings (SSSR count). The van der Waals surface area contributed by atoms with Crippen LogP contribution in [0.2, 0.25) is 0 Å². The predicted octanol–water partition coefficient (Wildman–Crippen LogP) is 3.78. The fourth-order valence-electron chi connectivity index (χ4n) is 1.73. The van der Waals surface area contributed by atoms with E-state index in [1.807, 2.05) is 0 Å². The van der Waals surface area contributed by atoms with Crippen LogP contribution >= 0.6 is 0 Å². The largest absolute Gasteiger partial charge is 0.294 e. The highest BCUT2D eigenvalue weighted by Gasteiger charge is 2.10. The Morgan fingerprint density at radius 3 is 2.28 bits per heavy atom. The molecular weight excluding hydrogens is 234 g/mol. The van der Waals surface area contributed by atoms with E-state index < -0.39 is 5.82 Å². The van der Waals surface area contributed by atoms with Crippen LogP contribution in [-0.4, -0.2) is 5.78 Å². The van der Waals surface area contributed by atoms with Gasteiger partial charge in [0.2, 0.25) is 0 Å². The normalized spacial score (nSPS) is 10.3. The lowest BCUT2D eigenvalue weighted by Gasteiger charge is -2.03. The van der Waals surface area contributed by atoms with Crippen molar-refractivity contribution in [2.75, 3.05) is 0 Å². The SMILES string of the molecule is O=C(CCc1ccc(F)cc1)c1ccccc1F. The molecule has 0 N–H and O–H groups in total. The lowest BCUT2D eigenvalue weighted by atomic mass is 10.0. The third-order valence-electron chi connectivity index (χ3n) is 2.73. The van der Waals surface area contributed by atoms with Crippen LogP contribution in [0.25, 0.3) is 0 Å². The maximum absolute atomic E-state index is 13.3. The Hall–Kier alpha value is -2.03. The van der Waals surface area contributed by atoms with Crippen LogP contribution in [0.5, 0.6) is 0 Å². The van der Waals surface area contributed by atoms with Gasteiger partial charge in [-0.15, -0.1) is 0 Å². The molecular formula is C15H12F2O. The van der Waals surface area contributed by atoms with Crippen molar-refractivity contribution >= 4 is 5.78 Å². The molecule has 92 valence electrons. The van der Waals surface area contributed by atoms with Gasteiger partial charge in [0.1, 0.15) is 11.6 Å². The average molecular weight is 246 g/mol. The van der Waals surface area contributed by atoms with Crippen LogP contribution in [0.15, 0.2) is 48.5 Å². The number of benzene rings is 2. The summed E-state index contributed by atoms with van der Waals surface area (Å²) >= 11 is 0. The van der Waals surface area contributed by atoms with Crippen LogP contribution in [0.4, 0.5) is 8.78 Å². The summed E-state index contributed by atoms with van der Waals surface area (Å²) in [5, 5.41) is 0. The van der Waals surface area contributed by atoms with E-state index in [1.54, 1.807) is 24.3 Å². The zero-order valence-electron chi connectivity index (χ0n) is 9.70. The first-order chi connectivity index (χ1) is 8.66. The van der Waals surface area contributed by atoms with E-state index in [2.05, 4.69) is 0 Å². The number of carbonyl (C=O) groups is 1. The van der Waals surface area contributed by atoms with Gasteiger partial charge in [0.25, 0.3) is 0 Å². The summed E-state index contributed by atoms with van der Waals surface area (Å²) in [4.78, 5) is 11.8. The van der Waals surface area contributed by atoms with Crippen molar-refractivity contribution in [1.82, 2.24) is 0 Å². The molecule has 0 amide bonds. The molecule has 0 unspecified atom stereocenters. The first-order valence-corrected chi connectivity index (χ1v) is 5.69. The van der Waals surface area contributed by atoms with Gasteiger partial charge in [0.05, 0.1) is 5.56 Å². The molecule has 0 spiro atoms. The Balaban J connectivity index is 2.01. The fourth-order valence-corrected chi connectivity index (χ4v) is 1.73. The molecule has 0 atom stereocenters. The quantitative estimate of drug-likeness (QED) is 0.750. The van der Waals surface area contributed by atoms with E-state index in [4.69, 9.17) is 0 Å². The van der Waals surface area contributed by atoms with Gasteiger partial charge in [0.15, 0.2) is 5.78 Å². The highest BCUT2D eigenvalue weighted by Crippen LogP contribution is 2.12. The molecule has 1 nitrogen and oxygen atoms in total. The van der Waals surface area contributed by atoms with E-state index in [0.717, 1.165) is 5.56 Å². The van der Waals surface area contributed by atoms with Crippen molar-refractivity contribution in [3.8, 4) is 0 Å². The van der Waals surface area contributed by atoms with Crippen LogP contribution in [0, 0.1) is 11.6 Å². The first kappa shape index (κ1) is 12.4. The highest BCUT2D eigenvalue weighted by atomic mass is 19.1. The van der Waals surface area contributed by atoms with Gasteiger partial charge in [0, 0.05) is 6.42 Å². The molecule has 0 aliphatic heterocycles. The van der Waals surface area contributed by atoms with Crippen molar-refractivity contribution in [2.45, 2.75) is 12.8 Å². The van der Waals surface area contributed by atoms with Crippen LogP contribution in [-0.2, 0) is 6.42 Å². The number of hydrogen-bond donors (Lipinski definition) is 0. The Kier molecular flexibility index (Phi) is 3.82. The maximum atomic E-state index is 13.3. The molecule has 0 heterocycles. The number of rotatable bonds is 4. The maximum Gasteiger partial charge on any atom is 0.166 e. The molecule has 0 saturated carbocycles. The minimum atomic E-state index is -0.499. The monoisotopic (exact) mass is 246 g/mol. The van der Waals surface area contributed by atoms with Crippen LogP contribution in [0.3, 0.4) is 0 Å². The van der Waals surface area contributed by atoms with Crippen molar-refractivity contribution in [3.05, 3.63) is 71.3 Å². The van der Waals surface area contributed by atoms with Crippen LogP contribution < -0.4 is 0 Å². The lowest BCUT2D eigenvalue weighted by molar-refractivity contribution is 0.0979. The Morgan fingerprint density at radius 2 is 1.61 bits per heavy atom. The van der Waals surface area contributed by atoms with Crippen molar-refractivity contribution in [2.24, 2.45) is 0 Å². The molecule has 0 radical (unpaired) electrons. The number of halogens is 2. The molecule has 0 saturated heterocycles. The number of carbonyl (C=O) groups excluding carboxylic acids is 1. The van der Waals surface area contributed by atoms with Crippen molar-refractivity contribution < 1.29 is 13.6 Å². The Labute approximate surface area is 104 Å². The molecule has 0 aliphatic rings. The Morgan fingerprint density at radius 1 is 0.944 bits per heavy atom. The van der Waals surface area contributed by atoms with E-state index in [0.29, 0.717) is 6.42 Å². The molecule has 0 bridgehead atoms. The van der Waals surface area contributed by atoms with Gasteiger partial charge in [-0.1, -0.05) is 24.3 Å². The summed E-state index contributed by atoms with van der Waals surface area (Å²) in [6.07, 6.45) is 0.694. The molecule has 2 aromatic carbocycles. The molecule has 3 heteroatoms. The Bertz CT molecular complexity index is 547. The van der Waals surface area contributed by atoms with Crippen molar-refractivity contribution in [3.63, 3.8) is 0 Å². The van der Waals surface area contributed by atoms with Gasteiger partial charge in [-0.25, -0.2) is 8.78 Å². The molecule has 2 aromatic rings. The lowest BCUT2D eigenvalue weighted by Crippen LogP contribution is -2.03. The molecule has 0 aromatic heterocycles. The van der Waals surface area contributed by atoms with E-state index in [-0.39, 0.29) is 23.6 Å². The average Bonchev–Trinajstić information content (AvgIpc) is 2.38. The fraction of sp³-hybridized carbons (Fsp3) is 0.133. The van der Waals surface area contributed by atoms with E-state index >= 15 is 0 Å². The minimum Gasteiger partial charge on any atom is -0.294 e. The molecule has 18 heavy (non-hydrogen) atoms. The number of hydrogen-bond acceptors (Lipinski definition) is 1. The van der Waals surface area contributed by atoms with Gasteiger partial charge < -0.3 is 0 Å². The van der Waals surface area contributed by atoms with E-state index in [9.17, 15) is 13.6 Å². The van der Waals surface area contributed by atoms with E-state index in [1.165, 1.54) is 24.3 Å². The standard InChI is InChI=1S/C15H12F2O/c16-12-8-5-11(6-9-12)7-10-15(18)13-3-1-2-4-14(13)17/h1-6,8-9H,7,10H2. The van der Waals surface area contributed by atoms with Gasteiger partial charge in [-0.2, -0.15) is 0 Å². The second kappa shape index (κ2) is 5.54. The smallest absolute Gasteiger partial charge is 0.166 e. The highest BCUT2D eigenvalue weighted by molar-refractivity contribution is 5.96. The number of ketones is 1. The third-order valence-corrected chi connectivity index (χ3v) is 2.73. The second-order valence-corrected chi connectivity index (χ2v) is 4.03. The summed E-state index contributed by atoms with van der Waals surface area (Å²) < 4.78 is 26.0. The predicted molar refractivity (Wildman–Crippen MR) is 65.5 cm³/mol. The third kappa shape index (κ3) is 3.00. The number of aryl methyl sites for hydroxylation is 1. The summed E-state index contributed by atoms with van der Waals surface area (Å²) in [5.41, 5.74) is 0.973. The summed E-state index contributed by atoms with van der Waals surface area (Å²) in [5.74, 6) is -1.04.